The topological polar surface area (TPSA) is 32.3 Å². The lowest BCUT2D eigenvalue weighted by molar-refractivity contribution is 0.118. The van der Waals surface area contributed by atoms with Crippen LogP contribution < -0.4 is 5.32 Å². The molecule has 0 spiro atoms. The molecule has 62 valence electrons. The molecular weight excluding hydrogens is 150 g/mol. The molecule has 1 saturated carbocycles. The first kappa shape index (κ1) is 10.2. The molecule has 0 aromatic rings. The number of aliphatic hydroxyl groups is 1. The maximum absolute atomic E-state index is 9.09. The van der Waals surface area contributed by atoms with Gasteiger partial charge < -0.3 is 10.4 Å². The Morgan fingerprint density at radius 1 is 1.20 bits per heavy atom. The smallest absolute Gasteiger partial charge is 0.0541 e. The second-order valence-corrected chi connectivity index (χ2v) is 2.79. The number of hydrogen-bond donors (Lipinski definition) is 2. The van der Waals surface area contributed by atoms with Crippen molar-refractivity contribution in [3.63, 3.8) is 0 Å². The van der Waals surface area contributed by atoms with Gasteiger partial charge in [0.25, 0.3) is 0 Å². The fourth-order valence-electron chi connectivity index (χ4n) is 1.36. The first-order valence-corrected chi connectivity index (χ1v) is 3.68. The fraction of sp³-hybridized carbons (Fsp3) is 1.00. The van der Waals surface area contributed by atoms with Gasteiger partial charge in [-0.15, -0.1) is 12.4 Å². The van der Waals surface area contributed by atoms with E-state index in [0.717, 1.165) is 25.7 Å². The van der Waals surface area contributed by atoms with E-state index >= 15 is 0 Å². The zero-order valence-corrected chi connectivity index (χ0v) is 7.16. The van der Waals surface area contributed by atoms with Crippen molar-refractivity contribution in [3.8, 4) is 0 Å². The van der Waals surface area contributed by atoms with Crippen molar-refractivity contribution in [2.45, 2.75) is 37.8 Å². The lowest BCUT2D eigenvalue weighted by Gasteiger charge is -2.24. The highest BCUT2D eigenvalue weighted by atomic mass is 35.5. The Balaban J connectivity index is 0.000000810. The lowest BCUT2D eigenvalue weighted by Crippen LogP contribution is -2.31. The third-order valence-electron chi connectivity index (χ3n) is 2.10. The van der Waals surface area contributed by atoms with Crippen LogP contribution in [0.3, 0.4) is 0 Å². The van der Waals surface area contributed by atoms with E-state index in [1.54, 1.807) is 0 Å². The third kappa shape index (κ3) is 2.86. The molecule has 0 radical (unpaired) electrons. The summed E-state index contributed by atoms with van der Waals surface area (Å²) in [6, 6.07) is 0.661. The quantitative estimate of drug-likeness (QED) is 0.606. The molecule has 0 saturated heterocycles. The minimum atomic E-state index is -0.0189. The first-order chi connectivity index (χ1) is 4.33. The van der Waals surface area contributed by atoms with E-state index < -0.39 is 0 Å². The van der Waals surface area contributed by atoms with Crippen LogP contribution in [0.4, 0.5) is 0 Å². The van der Waals surface area contributed by atoms with Crippen molar-refractivity contribution in [1.29, 1.82) is 0 Å². The Labute approximate surface area is 68.4 Å². The van der Waals surface area contributed by atoms with E-state index in [2.05, 4.69) is 5.32 Å². The maximum Gasteiger partial charge on any atom is 0.0541 e. The molecule has 0 heterocycles. The molecule has 1 fully saturated rings. The summed E-state index contributed by atoms with van der Waals surface area (Å²) in [5, 5.41) is 12.3. The molecule has 2 N–H and O–H groups in total. The van der Waals surface area contributed by atoms with Crippen LogP contribution in [0.25, 0.3) is 0 Å². The van der Waals surface area contributed by atoms with E-state index in [9.17, 15) is 0 Å². The van der Waals surface area contributed by atoms with E-state index in [1.807, 2.05) is 7.05 Å². The Hall–Kier alpha value is 0.210. The average Bonchev–Trinajstić information content (AvgIpc) is 1.90. The van der Waals surface area contributed by atoms with Crippen molar-refractivity contribution < 1.29 is 5.11 Å². The van der Waals surface area contributed by atoms with Crippen molar-refractivity contribution in [2.75, 3.05) is 7.05 Å². The van der Waals surface area contributed by atoms with Crippen LogP contribution in [-0.2, 0) is 0 Å². The summed E-state index contributed by atoms with van der Waals surface area (Å²) >= 11 is 0. The van der Waals surface area contributed by atoms with Crippen LogP contribution in [0.2, 0.25) is 0 Å². The molecule has 1 aliphatic carbocycles. The molecule has 0 aromatic carbocycles. The second kappa shape index (κ2) is 4.94. The molecular formula is C7H16ClNO. The highest BCUT2D eigenvalue weighted by Crippen LogP contribution is 2.17. The highest BCUT2D eigenvalue weighted by molar-refractivity contribution is 5.85. The summed E-state index contributed by atoms with van der Waals surface area (Å²) in [6.07, 6.45) is 4.21. The molecule has 0 bridgehead atoms. The summed E-state index contributed by atoms with van der Waals surface area (Å²) in [6.45, 7) is 0. The SMILES string of the molecule is CN[C@H]1CC[C@@H](O)CC1.Cl. The Morgan fingerprint density at radius 2 is 1.70 bits per heavy atom. The molecule has 0 amide bonds. The summed E-state index contributed by atoms with van der Waals surface area (Å²) < 4.78 is 0. The van der Waals surface area contributed by atoms with Gasteiger partial charge >= 0.3 is 0 Å². The van der Waals surface area contributed by atoms with Gasteiger partial charge in [-0.05, 0) is 32.7 Å². The number of aliphatic hydroxyl groups excluding tert-OH is 1. The fourth-order valence-corrected chi connectivity index (χ4v) is 1.36. The predicted octanol–water partition coefficient (Wildman–Crippen LogP) is 0.931. The minimum absolute atomic E-state index is 0. The standard InChI is InChI=1S/C7H15NO.ClH/c1-8-6-2-4-7(9)5-3-6;/h6-9H,2-5H2,1H3;1H/t6-,7+;. The number of nitrogens with one attached hydrogen (secondary N) is 1. The van der Waals surface area contributed by atoms with Crippen LogP contribution >= 0.6 is 12.4 Å². The van der Waals surface area contributed by atoms with Crippen molar-refractivity contribution in [2.24, 2.45) is 0 Å². The summed E-state index contributed by atoms with van der Waals surface area (Å²) in [5.41, 5.74) is 0. The Kier molecular flexibility index (Phi) is 5.04. The lowest BCUT2D eigenvalue weighted by atomic mass is 9.93. The summed E-state index contributed by atoms with van der Waals surface area (Å²) in [4.78, 5) is 0. The van der Waals surface area contributed by atoms with Crippen molar-refractivity contribution in [1.82, 2.24) is 5.32 Å². The number of hydrogen-bond acceptors (Lipinski definition) is 2. The largest absolute Gasteiger partial charge is 0.393 e. The van der Waals surface area contributed by atoms with Gasteiger partial charge in [0.2, 0.25) is 0 Å². The molecule has 0 atom stereocenters. The van der Waals surface area contributed by atoms with Gasteiger partial charge in [0.05, 0.1) is 6.10 Å². The van der Waals surface area contributed by atoms with Crippen LogP contribution in [0.15, 0.2) is 0 Å². The van der Waals surface area contributed by atoms with E-state index in [-0.39, 0.29) is 18.5 Å². The Morgan fingerprint density at radius 3 is 2.10 bits per heavy atom. The van der Waals surface area contributed by atoms with Crippen LogP contribution in [-0.4, -0.2) is 24.3 Å². The number of rotatable bonds is 1. The van der Waals surface area contributed by atoms with E-state index in [4.69, 9.17) is 5.11 Å². The summed E-state index contributed by atoms with van der Waals surface area (Å²) in [7, 11) is 1.99. The average molecular weight is 166 g/mol. The Bertz CT molecular complexity index is 81.7. The third-order valence-corrected chi connectivity index (χ3v) is 2.10. The molecule has 0 aromatic heterocycles. The van der Waals surface area contributed by atoms with E-state index in [0.29, 0.717) is 6.04 Å². The van der Waals surface area contributed by atoms with Crippen LogP contribution in [0, 0.1) is 0 Å². The first-order valence-electron chi connectivity index (χ1n) is 3.68. The van der Waals surface area contributed by atoms with Gasteiger partial charge in [0.1, 0.15) is 0 Å². The zero-order valence-electron chi connectivity index (χ0n) is 6.34. The van der Waals surface area contributed by atoms with Crippen LogP contribution in [0.5, 0.6) is 0 Å². The van der Waals surface area contributed by atoms with Gasteiger partial charge in [-0.1, -0.05) is 0 Å². The van der Waals surface area contributed by atoms with Crippen molar-refractivity contribution >= 4 is 12.4 Å². The molecule has 1 aliphatic rings. The molecule has 0 unspecified atom stereocenters. The molecule has 10 heavy (non-hydrogen) atoms. The van der Waals surface area contributed by atoms with Crippen LogP contribution in [0.1, 0.15) is 25.7 Å². The maximum atomic E-state index is 9.09. The molecule has 1 rings (SSSR count). The minimum Gasteiger partial charge on any atom is -0.393 e. The normalized spacial score (nSPS) is 33.0. The molecule has 0 aliphatic heterocycles. The van der Waals surface area contributed by atoms with E-state index in [1.165, 1.54) is 0 Å². The van der Waals surface area contributed by atoms with Gasteiger partial charge in [0.15, 0.2) is 0 Å². The molecule has 2 nitrogen and oxygen atoms in total. The van der Waals surface area contributed by atoms with Gasteiger partial charge in [-0.3, -0.25) is 0 Å². The highest BCUT2D eigenvalue weighted by Gasteiger charge is 2.16. The second-order valence-electron chi connectivity index (χ2n) is 2.79. The van der Waals surface area contributed by atoms with Gasteiger partial charge in [0, 0.05) is 6.04 Å². The zero-order chi connectivity index (χ0) is 6.69. The van der Waals surface area contributed by atoms with Crippen molar-refractivity contribution in [3.05, 3.63) is 0 Å². The van der Waals surface area contributed by atoms with Gasteiger partial charge in [-0.25, -0.2) is 0 Å². The number of halogens is 1. The summed E-state index contributed by atoms with van der Waals surface area (Å²) in [5.74, 6) is 0. The predicted molar refractivity (Wildman–Crippen MR) is 44.6 cm³/mol. The van der Waals surface area contributed by atoms with Gasteiger partial charge in [-0.2, -0.15) is 0 Å². The monoisotopic (exact) mass is 165 g/mol. The molecule has 3 heteroatoms.